The average molecular weight is 370 g/mol. The van der Waals surface area contributed by atoms with Crippen molar-refractivity contribution < 1.29 is 9.26 Å². The van der Waals surface area contributed by atoms with Crippen LogP contribution in [-0.2, 0) is 17.8 Å². The summed E-state index contributed by atoms with van der Waals surface area (Å²) in [6, 6.07) is 10.7. The highest BCUT2D eigenvalue weighted by atomic mass is 16.5. The molecule has 0 unspecified atom stereocenters. The van der Waals surface area contributed by atoms with Gasteiger partial charge in [0, 0.05) is 38.7 Å². The van der Waals surface area contributed by atoms with Gasteiger partial charge in [-0.2, -0.15) is 4.98 Å². The van der Waals surface area contributed by atoms with Crippen LogP contribution in [0, 0.1) is 0 Å². The molecule has 1 saturated heterocycles. The maximum Gasteiger partial charge on any atom is 0.229 e. The van der Waals surface area contributed by atoms with E-state index in [2.05, 4.69) is 57.2 Å². The Morgan fingerprint density at radius 2 is 2.07 bits per heavy atom. The fourth-order valence-electron chi connectivity index (χ4n) is 3.69. The molecule has 1 aliphatic carbocycles. The van der Waals surface area contributed by atoms with Crippen molar-refractivity contribution in [3.63, 3.8) is 0 Å². The molecule has 2 fully saturated rings. The Kier molecular flexibility index (Phi) is 6.17. The maximum absolute atomic E-state index is 6.15. The minimum atomic E-state index is 0.214. The van der Waals surface area contributed by atoms with E-state index in [0.29, 0.717) is 5.92 Å². The number of aromatic nitrogens is 2. The predicted octanol–water partition coefficient (Wildman–Crippen LogP) is 3.06. The maximum atomic E-state index is 6.15. The smallest absolute Gasteiger partial charge is 0.229 e. The van der Waals surface area contributed by atoms with Crippen LogP contribution in [0.1, 0.15) is 49.4 Å². The minimum Gasteiger partial charge on any atom is -0.376 e. The van der Waals surface area contributed by atoms with E-state index < -0.39 is 0 Å². The number of hydrogen-bond acceptors (Lipinski definition) is 6. The third-order valence-corrected chi connectivity index (χ3v) is 5.37. The van der Waals surface area contributed by atoms with E-state index in [1.165, 1.54) is 18.4 Å². The van der Waals surface area contributed by atoms with E-state index in [0.717, 1.165) is 64.0 Å². The Morgan fingerprint density at radius 1 is 1.22 bits per heavy atom. The van der Waals surface area contributed by atoms with Gasteiger partial charge in [0.15, 0.2) is 5.82 Å². The number of nitrogens with zero attached hydrogens (tertiary/aromatic N) is 4. The number of rotatable bonds is 8. The van der Waals surface area contributed by atoms with E-state index in [9.17, 15) is 0 Å². The number of benzene rings is 1. The summed E-state index contributed by atoms with van der Waals surface area (Å²) in [5.74, 6) is 2.13. The van der Waals surface area contributed by atoms with Gasteiger partial charge in [0.1, 0.15) is 0 Å². The Balaban J connectivity index is 1.32. The SMILES string of the molecule is CCN(Cc1noc(C2CC2)n1)C[C@H]1CN(Cc2ccccc2)CCCO1. The van der Waals surface area contributed by atoms with E-state index in [1.807, 2.05) is 0 Å². The highest BCUT2D eigenvalue weighted by Crippen LogP contribution is 2.38. The second kappa shape index (κ2) is 8.95. The van der Waals surface area contributed by atoms with Gasteiger partial charge in [0.2, 0.25) is 5.89 Å². The molecule has 2 aromatic rings. The van der Waals surface area contributed by atoms with Crippen LogP contribution in [0.4, 0.5) is 0 Å². The molecule has 1 aromatic heterocycles. The summed E-state index contributed by atoms with van der Waals surface area (Å²) in [6.07, 6.45) is 3.68. The molecular formula is C21H30N4O2. The summed E-state index contributed by atoms with van der Waals surface area (Å²) in [6.45, 7) is 8.63. The minimum absolute atomic E-state index is 0.214. The van der Waals surface area contributed by atoms with E-state index in [4.69, 9.17) is 9.26 Å². The zero-order chi connectivity index (χ0) is 18.5. The van der Waals surface area contributed by atoms with Crippen LogP contribution in [0.3, 0.4) is 0 Å². The molecule has 0 radical (unpaired) electrons. The highest BCUT2D eigenvalue weighted by molar-refractivity contribution is 5.14. The fourth-order valence-corrected chi connectivity index (χ4v) is 3.69. The van der Waals surface area contributed by atoms with Gasteiger partial charge in [-0.15, -0.1) is 0 Å². The standard InChI is InChI=1S/C21H30N4O2/c1-2-24(16-20-22-21(27-23-20)18-9-10-18)14-19-15-25(11-6-12-26-19)13-17-7-4-3-5-8-17/h3-5,7-8,18-19H,2,6,9-16H2,1H3/t19-/m0/s1. The number of hydrogen-bond donors (Lipinski definition) is 0. The largest absolute Gasteiger partial charge is 0.376 e. The molecule has 2 aliphatic rings. The normalized spacial score (nSPS) is 21.5. The van der Waals surface area contributed by atoms with Crippen LogP contribution in [0.15, 0.2) is 34.9 Å². The quantitative estimate of drug-likeness (QED) is 0.712. The zero-order valence-electron chi connectivity index (χ0n) is 16.2. The monoisotopic (exact) mass is 370 g/mol. The second-order valence-electron chi connectivity index (χ2n) is 7.72. The molecule has 0 amide bonds. The van der Waals surface area contributed by atoms with Gasteiger partial charge in [-0.25, -0.2) is 0 Å². The predicted molar refractivity (Wildman–Crippen MR) is 103 cm³/mol. The molecule has 6 nitrogen and oxygen atoms in total. The molecule has 6 heteroatoms. The molecule has 1 aromatic carbocycles. The van der Waals surface area contributed by atoms with E-state index in [-0.39, 0.29) is 6.10 Å². The van der Waals surface area contributed by atoms with Gasteiger partial charge >= 0.3 is 0 Å². The summed E-state index contributed by atoms with van der Waals surface area (Å²) >= 11 is 0. The summed E-state index contributed by atoms with van der Waals surface area (Å²) in [7, 11) is 0. The Hall–Kier alpha value is -1.76. The Bertz CT molecular complexity index is 701. The summed E-state index contributed by atoms with van der Waals surface area (Å²) in [4.78, 5) is 9.45. The van der Waals surface area contributed by atoms with Crippen LogP contribution in [-0.4, -0.2) is 58.8 Å². The van der Waals surface area contributed by atoms with Crippen molar-refractivity contribution in [2.24, 2.45) is 0 Å². The first-order chi connectivity index (χ1) is 13.3. The molecule has 0 bridgehead atoms. The molecule has 0 spiro atoms. The molecular weight excluding hydrogens is 340 g/mol. The highest BCUT2D eigenvalue weighted by Gasteiger charge is 2.30. The van der Waals surface area contributed by atoms with Gasteiger partial charge < -0.3 is 9.26 Å². The zero-order valence-corrected chi connectivity index (χ0v) is 16.2. The lowest BCUT2D eigenvalue weighted by Gasteiger charge is -2.28. The van der Waals surface area contributed by atoms with Crippen molar-refractivity contribution in [2.75, 3.05) is 32.8 Å². The molecule has 1 saturated carbocycles. The van der Waals surface area contributed by atoms with Crippen LogP contribution >= 0.6 is 0 Å². The first-order valence-electron chi connectivity index (χ1n) is 10.2. The fraction of sp³-hybridized carbons (Fsp3) is 0.619. The van der Waals surface area contributed by atoms with E-state index >= 15 is 0 Å². The van der Waals surface area contributed by atoms with E-state index in [1.54, 1.807) is 0 Å². The van der Waals surface area contributed by atoms with Crippen molar-refractivity contribution in [2.45, 2.75) is 51.3 Å². The van der Waals surface area contributed by atoms with Gasteiger partial charge in [-0.05, 0) is 31.4 Å². The van der Waals surface area contributed by atoms with Gasteiger partial charge in [0.05, 0.1) is 12.6 Å². The first-order valence-corrected chi connectivity index (χ1v) is 10.2. The summed E-state index contributed by atoms with van der Waals surface area (Å²) < 4.78 is 11.5. The molecule has 1 aliphatic heterocycles. The Morgan fingerprint density at radius 3 is 2.85 bits per heavy atom. The average Bonchev–Trinajstić information content (AvgIpc) is 3.47. The number of likely N-dealkylation sites (N-methyl/N-ethyl adjacent to an activating group) is 1. The van der Waals surface area contributed by atoms with Crippen molar-refractivity contribution >= 4 is 0 Å². The lowest BCUT2D eigenvalue weighted by Crippen LogP contribution is -2.40. The van der Waals surface area contributed by atoms with Crippen LogP contribution in [0.5, 0.6) is 0 Å². The first kappa shape index (κ1) is 18.6. The van der Waals surface area contributed by atoms with Crippen LogP contribution in [0.2, 0.25) is 0 Å². The summed E-state index contributed by atoms with van der Waals surface area (Å²) in [5, 5.41) is 4.17. The van der Waals surface area contributed by atoms with Crippen LogP contribution < -0.4 is 0 Å². The molecule has 27 heavy (non-hydrogen) atoms. The molecule has 146 valence electrons. The Labute approximate surface area is 161 Å². The second-order valence-corrected chi connectivity index (χ2v) is 7.72. The van der Waals surface area contributed by atoms with Crippen molar-refractivity contribution in [1.29, 1.82) is 0 Å². The van der Waals surface area contributed by atoms with Crippen molar-refractivity contribution in [1.82, 2.24) is 19.9 Å². The van der Waals surface area contributed by atoms with Crippen LogP contribution in [0.25, 0.3) is 0 Å². The van der Waals surface area contributed by atoms with Gasteiger partial charge in [-0.1, -0.05) is 42.4 Å². The molecule has 1 atom stereocenters. The topological polar surface area (TPSA) is 54.6 Å². The third-order valence-electron chi connectivity index (χ3n) is 5.37. The molecule has 2 heterocycles. The van der Waals surface area contributed by atoms with Gasteiger partial charge in [-0.3, -0.25) is 9.80 Å². The molecule has 0 N–H and O–H groups in total. The molecule has 4 rings (SSSR count). The van der Waals surface area contributed by atoms with Crippen molar-refractivity contribution in [3.8, 4) is 0 Å². The van der Waals surface area contributed by atoms with Gasteiger partial charge in [0.25, 0.3) is 0 Å². The number of ether oxygens (including phenoxy) is 1. The summed E-state index contributed by atoms with van der Waals surface area (Å²) in [5.41, 5.74) is 1.37. The lowest BCUT2D eigenvalue weighted by atomic mass is 10.2. The van der Waals surface area contributed by atoms with Crippen molar-refractivity contribution in [3.05, 3.63) is 47.6 Å². The third kappa shape index (κ3) is 5.37. The lowest BCUT2D eigenvalue weighted by molar-refractivity contribution is 0.0244.